The van der Waals surface area contributed by atoms with E-state index in [4.69, 9.17) is 5.73 Å². The minimum Gasteiger partial charge on any atom is -0.358 e. The van der Waals surface area contributed by atoms with Crippen molar-refractivity contribution in [3.05, 3.63) is 48.0 Å². The summed E-state index contributed by atoms with van der Waals surface area (Å²) in [5.41, 5.74) is 6.95. The van der Waals surface area contributed by atoms with E-state index >= 15 is 0 Å². The minimum atomic E-state index is -0.495. The molecule has 2 rings (SSSR count). The number of nitrogens with one attached hydrogen (secondary N) is 1. The average molecular weight is 265 g/mol. The lowest BCUT2D eigenvalue weighted by Crippen LogP contribution is -2.40. The Kier molecular flexibility index (Phi) is 5.13. The van der Waals surface area contributed by atoms with Gasteiger partial charge in [0.2, 0.25) is 5.91 Å². The van der Waals surface area contributed by atoms with Gasteiger partial charge in [-0.05, 0) is 22.8 Å². The van der Waals surface area contributed by atoms with Gasteiger partial charge in [-0.15, -0.1) is 12.4 Å². The summed E-state index contributed by atoms with van der Waals surface area (Å²) in [5.74, 6) is -0.127. The highest BCUT2D eigenvalue weighted by Crippen LogP contribution is 2.19. The van der Waals surface area contributed by atoms with E-state index in [2.05, 4.69) is 23.5 Å². The fourth-order valence-corrected chi connectivity index (χ4v) is 1.99. The van der Waals surface area contributed by atoms with Crippen molar-refractivity contribution in [3.8, 4) is 0 Å². The lowest BCUT2D eigenvalue weighted by Gasteiger charge is -2.12. The van der Waals surface area contributed by atoms with Crippen LogP contribution in [0.1, 0.15) is 5.56 Å². The molecule has 2 aromatic rings. The van der Waals surface area contributed by atoms with Gasteiger partial charge >= 0.3 is 0 Å². The van der Waals surface area contributed by atoms with Crippen LogP contribution in [0.2, 0.25) is 0 Å². The molecular weight excluding hydrogens is 248 g/mol. The molecule has 0 saturated carbocycles. The molecule has 0 fully saturated rings. The third-order valence-corrected chi connectivity index (χ3v) is 2.90. The number of fused-ring (bicyclic) bond motifs is 1. The number of carbonyl (C=O) groups excluding carboxylic acids is 1. The van der Waals surface area contributed by atoms with Crippen LogP contribution in [0.4, 0.5) is 0 Å². The summed E-state index contributed by atoms with van der Waals surface area (Å²) in [7, 11) is 1.60. The molecule has 0 aliphatic carbocycles. The van der Waals surface area contributed by atoms with Crippen molar-refractivity contribution in [2.24, 2.45) is 5.73 Å². The van der Waals surface area contributed by atoms with Crippen molar-refractivity contribution < 1.29 is 4.79 Å². The minimum absolute atomic E-state index is 0. The molecule has 18 heavy (non-hydrogen) atoms. The monoisotopic (exact) mass is 264 g/mol. The second-order valence-corrected chi connectivity index (χ2v) is 4.06. The summed E-state index contributed by atoms with van der Waals surface area (Å²) < 4.78 is 0. The van der Waals surface area contributed by atoms with Crippen LogP contribution >= 0.6 is 12.4 Å². The Morgan fingerprint density at radius 2 is 1.89 bits per heavy atom. The first-order chi connectivity index (χ1) is 8.22. The normalized spacial score (nSPS) is 11.7. The number of rotatable bonds is 3. The fourth-order valence-electron chi connectivity index (χ4n) is 1.99. The summed E-state index contributed by atoms with van der Waals surface area (Å²) in [6.07, 6.45) is 0.557. The molecule has 0 saturated heterocycles. The molecular formula is C14H17ClN2O. The number of hydrogen-bond donors (Lipinski definition) is 2. The van der Waals surface area contributed by atoms with Gasteiger partial charge in [0.25, 0.3) is 0 Å². The van der Waals surface area contributed by atoms with Gasteiger partial charge < -0.3 is 11.1 Å². The zero-order chi connectivity index (χ0) is 12.3. The van der Waals surface area contributed by atoms with Gasteiger partial charge in [0.05, 0.1) is 6.04 Å². The quantitative estimate of drug-likeness (QED) is 0.889. The molecule has 0 bridgehead atoms. The molecule has 0 heterocycles. The second kappa shape index (κ2) is 6.38. The Labute approximate surface area is 113 Å². The van der Waals surface area contributed by atoms with Gasteiger partial charge in [-0.25, -0.2) is 0 Å². The van der Waals surface area contributed by atoms with Crippen molar-refractivity contribution in [3.63, 3.8) is 0 Å². The molecule has 2 aromatic carbocycles. The number of nitrogens with two attached hydrogens (primary N) is 1. The third kappa shape index (κ3) is 3.00. The lowest BCUT2D eigenvalue weighted by atomic mass is 9.99. The highest BCUT2D eigenvalue weighted by Gasteiger charge is 2.13. The zero-order valence-corrected chi connectivity index (χ0v) is 11.0. The number of benzene rings is 2. The van der Waals surface area contributed by atoms with E-state index in [-0.39, 0.29) is 18.3 Å². The number of hydrogen-bond acceptors (Lipinski definition) is 2. The van der Waals surface area contributed by atoms with Crippen LogP contribution in [-0.2, 0) is 11.2 Å². The van der Waals surface area contributed by atoms with Crippen molar-refractivity contribution >= 4 is 29.1 Å². The van der Waals surface area contributed by atoms with Crippen LogP contribution in [0.3, 0.4) is 0 Å². The zero-order valence-electron chi connectivity index (χ0n) is 10.2. The molecule has 1 atom stereocenters. The molecule has 4 heteroatoms. The van der Waals surface area contributed by atoms with E-state index in [9.17, 15) is 4.79 Å². The SMILES string of the molecule is CNC(=O)[C@@H](N)Cc1cccc2ccccc12.Cl. The number of carbonyl (C=O) groups is 1. The first-order valence-corrected chi connectivity index (χ1v) is 5.66. The van der Waals surface area contributed by atoms with Crippen LogP contribution in [0.25, 0.3) is 10.8 Å². The standard InChI is InChI=1S/C14H16N2O.ClH/c1-16-14(17)13(15)9-11-7-4-6-10-5-2-3-8-12(10)11;/h2-8,13H,9,15H2,1H3,(H,16,17);1H/t13-;/m0./s1. The molecule has 0 unspecified atom stereocenters. The van der Waals surface area contributed by atoms with E-state index in [0.717, 1.165) is 10.9 Å². The van der Waals surface area contributed by atoms with E-state index < -0.39 is 6.04 Å². The summed E-state index contributed by atoms with van der Waals surface area (Å²) in [5, 5.41) is 4.91. The van der Waals surface area contributed by atoms with Gasteiger partial charge in [-0.1, -0.05) is 42.5 Å². The number of amides is 1. The predicted octanol–water partition coefficient (Wildman–Crippen LogP) is 1.88. The highest BCUT2D eigenvalue weighted by molar-refractivity contribution is 5.87. The van der Waals surface area contributed by atoms with Gasteiger partial charge in [-0.2, -0.15) is 0 Å². The van der Waals surface area contributed by atoms with Gasteiger partial charge in [0.15, 0.2) is 0 Å². The van der Waals surface area contributed by atoms with E-state index in [1.165, 1.54) is 5.39 Å². The molecule has 1 amide bonds. The lowest BCUT2D eigenvalue weighted by molar-refractivity contribution is -0.121. The van der Waals surface area contributed by atoms with E-state index in [1.807, 2.05) is 24.3 Å². The first kappa shape index (κ1) is 14.5. The van der Waals surface area contributed by atoms with Crippen molar-refractivity contribution in [2.45, 2.75) is 12.5 Å². The molecule has 0 aliphatic rings. The number of likely N-dealkylation sites (N-methyl/N-ethyl adjacent to an activating group) is 1. The van der Waals surface area contributed by atoms with Gasteiger partial charge in [0, 0.05) is 7.05 Å². The van der Waals surface area contributed by atoms with Crippen LogP contribution < -0.4 is 11.1 Å². The summed E-state index contributed by atoms with van der Waals surface area (Å²) >= 11 is 0. The maximum atomic E-state index is 11.4. The number of halogens is 1. The van der Waals surface area contributed by atoms with Crippen molar-refractivity contribution in [1.82, 2.24) is 5.32 Å². The maximum Gasteiger partial charge on any atom is 0.237 e. The molecule has 0 aromatic heterocycles. The summed E-state index contributed by atoms with van der Waals surface area (Å²) in [6.45, 7) is 0. The summed E-state index contributed by atoms with van der Waals surface area (Å²) in [6, 6.07) is 13.7. The van der Waals surface area contributed by atoms with E-state index in [0.29, 0.717) is 6.42 Å². The molecule has 0 radical (unpaired) electrons. The van der Waals surface area contributed by atoms with Crippen LogP contribution in [0.5, 0.6) is 0 Å². The molecule has 3 N–H and O–H groups in total. The van der Waals surface area contributed by atoms with Gasteiger partial charge in [0.1, 0.15) is 0 Å². The van der Waals surface area contributed by atoms with Gasteiger partial charge in [-0.3, -0.25) is 4.79 Å². The highest BCUT2D eigenvalue weighted by atomic mass is 35.5. The Hall–Kier alpha value is -1.58. The molecule has 3 nitrogen and oxygen atoms in total. The molecule has 96 valence electrons. The van der Waals surface area contributed by atoms with Crippen LogP contribution in [-0.4, -0.2) is 19.0 Å². The largest absolute Gasteiger partial charge is 0.358 e. The average Bonchev–Trinajstić information content (AvgIpc) is 2.38. The second-order valence-electron chi connectivity index (χ2n) is 4.06. The Morgan fingerprint density at radius 1 is 1.22 bits per heavy atom. The maximum absolute atomic E-state index is 11.4. The first-order valence-electron chi connectivity index (χ1n) is 5.66. The van der Waals surface area contributed by atoms with Crippen molar-refractivity contribution in [2.75, 3.05) is 7.05 Å². The van der Waals surface area contributed by atoms with Crippen LogP contribution in [0, 0.1) is 0 Å². The predicted molar refractivity (Wildman–Crippen MR) is 76.9 cm³/mol. The fraction of sp³-hybridized carbons (Fsp3) is 0.214. The smallest absolute Gasteiger partial charge is 0.237 e. The van der Waals surface area contributed by atoms with Crippen molar-refractivity contribution in [1.29, 1.82) is 0 Å². The Bertz CT molecular complexity index is 537. The third-order valence-electron chi connectivity index (χ3n) is 2.90. The Balaban J connectivity index is 0.00000162. The molecule has 0 aliphatic heterocycles. The van der Waals surface area contributed by atoms with Crippen LogP contribution in [0.15, 0.2) is 42.5 Å². The molecule has 0 spiro atoms. The topological polar surface area (TPSA) is 55.1 Å². The Morgan fingerprint density at radius 3 is 2.61 bits per heavy atom. The van der Waals surface area contributed by atoms with E-state index in [1.54, 1.807) is 7.05 Å². The summed E-state index contributed by atoms with van der Waals surface area (Å²) in [4.78, 5) is 11.4.